The van der Waals surface area contributed by atoms with Crippen molar-refractivity contribution in [3.63, 3.8) is 0 Å². The Hall–Kier alpha value is -1.81. The lowest BCUT2D eigenvalue weighted by Gasteiger charge is -2.20. The summed E-state index contributed by atoms with van der Waals surface area (Å²) in [5.74, 6) is 1.51. The van der Waals surface area contributed by atoms with E-state index in [2.05, 4.69) is 17.2 Å². The van der Waals surface area contributed by atoms with Crippen molar-refractivity contribution in [3.8, 4) is 11.4 Å². The van der Waals surface area contributed by atoms with Crippen LogP contribution in [-0.4, -0.2) is 21.5 Å². The molecule has 2 aromatic heterocycles. The average molecular weight is 266 g/mol. The van der Waals surface area contributed by atoms with Gasteiger partial charge in [0, 0.05) is 48.9 Å². The lowest BCUT2D eigenvalue weighted by atomic mass is 10.0. The minimum atomic E-state index is 0.655. The first kappa shape index (κ1) is 12.0. The summed E-state index contributed by atoms with van der Waals surface area (Å²) in [6.45, 7) is 4.03. The second-order valence-corrected chi connectivity index (χ2v) is 5.75. The van der Waals surface area contributed by atoms with E-state index in [4.69, 9.17) is 9.97 Å². The summed E-state index contributed by atoms with van der Waals surface area (Å²) in [6, 6.07) is 2.02. The number of hydrogen-bond donors (Lipinski definition) is 1. The van der Waals surface area contributed by atoms with Crippen LogP contribution < -0.4 is 5.32 Å². The molecule has 4 rings (SSSR count). The minimum Gasteiger partial charge on any atom is -0.312 e. The number of aromatic nitrogens is 3. The predicted octanol–water partition coefficient (Wildman–Crippen LogP) is 2.37. The van der Waals surface area contributed by atoms with E-state index in [0.29, 0.717) is 5.92 Å². The van der Waals surface area contributed by atoms with Crippen LogP contribution in [0.4, 0.5) is 0 Å². The predicted molar refractivity (Wildman–Crippen MR) is 77.4 cm³/mol. The highest BCUT2D eigenvalue weighted by Crippen LogP contribution is 2.42. The standard InChI is InChI=1S/C16H18N4/c1-10-4-6-17-8-12(10)16-19-14-5-7-18-9-13(14)15(20-16)11-2-3-11/h4,6,8,11,18H,2-3,5,7,9H2,1H3. The molecular formula is C16H18N4. The maximum atomic E-state index is 4.89. The first-order valence-corrected chi connectivity index (χ1v) is 7.34. The first-order valence-electron chi connectivity index (χ1n) is 7.34. The fourth-order valence-corrected chi connectivity index (χ4v) is 2.88. The fraction of sp³-hybridized carbons (Fsp3) is 0.438. The molecular weight excluding hydrogens is 248 g/mol. The Labute approximate surface area is 118 Å². The van der Waals surface area contributed by atoms with Crippen molar-refractivity contribution in [1.29, 1.82) is 0 Å². The van der Waals surface area contributed by atoms with Crippen LogP contribution in [-0.2, 0) is 13.0 Å². The number of hydrogen-bond acceptors (Lipinski definition) is 4. The van der Waals surface area contributed by atoms with Gasteiger partial charge in [-0.1, -0.05) is 0 Å². The largest absolute Gasteiger partial charge is 0.312 e. The Morgan fingerprint density at radius 1 is 1.25 bits per heavy atom. The molecule has 0 spiro atoms. The van der Waals surface area contributed by atoms with E-state index in [1.54, 1.807) is 0 Å². The molecule has 1 N–H and O–H groups in total. The molecule has 20 heavy (non-hydrogen) atoms. The molecule has 0 aromatic carbocycles. The number of aryl methyl sites for hydroxylation is 1. The van der Waals surface area contributed by atoms with Crippen LogP contribution >= 0.6 is 0 Å². The molecule has 1 saturated carbocycles. The second-order valence-electron chi connectivity index (χ2n) is 5.75. The maximum absolute atomic E-state index is 4.89. The van der Waals surface area contributed by atoms with Crippen molar-refractivity contribution in [2.45, 2.75) is 38.6 Å². The smallest absolute Gasteiger partial charge is 0.161 e. The molecule has 1 fully saturated rings. The highest BCUT2D eigenvalue weighted by atomic mass is 15.0. The molecule has 4 heteroatoms. The minimum absolute atomic E-state index is 0.655. The summed E-state index contributed by atoms with van der Waals surface area (Å²) in [5, 5.41) is 3.44. The third-order valence-corrected chi connectivity index (χ3v) is 4.21. The third kappa shape index (κ3) is 2.00. The van der Waals surface area contributed by atoms with Gasteiger partial charge in [-0.15, -0.1) is 0 Å². The number of nitrogens with zero attached hydrogens (tertiary/aromatic N) is 3. The van der Waals surface area contributed by atoms with Crippen molar-refractivity contribution in [3.05, 3.63) is 41.0 Å². The quantitative estimate of drug-likeness (QED) is 0.906. The van der Waals surface area contributed by atoms with E-state index in [0.717, 1.165) is 30.9 Å². The van der Waals surface area contributed by atoms with Crippen LogP contribution in [0.3, 0.4) is 0 Å². The fourth-order valence-electron chi connectivity index (χ4n) is 2.88. The van der Waals surface area contributed by atoms with E-state index in [-0.39, 0.29) is 0 Å². The van der Waals surface area contributed by atoms with Gasteiger partial charge in [0.2, 0.25) is 0 Å². The molecule has 2 aliphatic rings. The van der Waals surface area contributed by atoms with Crippen molar-refractivity contribution in [1.82, 2.24) is 20.3 Å². The van der Waals surface area contributed by atoms with Crippen molar-refractivity contribution < 1.29 is 0 Å². The molecule has 0 radical (unpaired) electrons. The first-order chi connectivity index (χ1) is 9.83. The summed E-state index contributed by atoms with van der Waals surface area (Å²) in [4.78, 5) is 13.9. The second kappa shape index (κ2) is 4.63. The molecule has 0 saturated heterocycles. The Bertz CT molecular complexity index is 662. The zero-order valence-electron chi connectivity index (χ0n) is 11.7. The van der Waals surface area contributed by atoms with E-state index in [1.165, 1.54) is 35.4 Å². The van der Waals surface area contributed by atoms with Gasteiger partial charge in [-0.3, -0.25) is 4.98 Å². The van der Waals surface area contributed by atoms with E-state index >= 15 is 0 Å². The molecule has 1 aliphatic heterocycles. The van der Waals surface area contributed by atoms with Gasteiger partial charge in [0.15, 0.2) is 5.82 Å². The summed E-state index contributed by atoms with van der Waals surface area (Å²) in [5.41, 5.74) is 6.12. The Morgan fingerprint density at radius 2 is 2.15 bits per heavy atom. The zero-order chi connectivity index (χ0) is 13.5. The normalized spacial score (nSPS) is 17.9. The summed E-state index contributed by atoms with van der Waals surface area (Å²) in [6.07, 6.45) is 7.26. The summed E-state index contributed by atoms with van der Waals surface area (Å²) < 4.78 is 0. The Kier molecular flexibility index (Phi) is 2.77. The third-order valence-electron chi connectivity index (χ3n) is 4.21. The number of rotatable bonds is 2. The summed E-state index contributed by atoms with van der Waals surface area (Å²) >= 11 is 0. The van der Waals surface area contributed by atoms with Crippen molar-refractivity contribution in [2.75, 3.05) is 6.54 Å². The molecule has 0 amide bonds. The molecule has 0 unspecified atom stereocenters. The lowest BCUT2D eigenvalue weighted by molar-refractivity contribution is 0.617. The molecule has 1 aliphatic carbocycles. The lowest BCUT2D eigenvalue weighted by Crippen LogP contribution is -2.26. The number of fused-ring (bicyclic) bond motifs is 1. The molecule has 4 nitrogen and oxygen atoms in total. The number of nitrogens with one attached hydrogen (secondary N) is 1. The molecule has 0 atom stereocenters. The highest BCUT2D eigenvalue weighted by molar-refractivity contribution is 5.59. The van der Waals surface area contributed by atoms with Crippen molar-refractivity contribution >= 4 is 0 Å². The Balaban J connectivity index is 1.88. The van der Waals surface area contributed by atoms with Crippen LogP contribution in [0.25, 0.3) is 11.4 Å². The maximum Gasteiger partial charge on any atom is 0.161 e. The van der Waals surface area contributed by atoms with Crippen LogP contribution in [0.15, 0.2) is 18.5 Å². The van der Waals surface area contributed by atoms with Gasteiger partial charge in [0.25, 0.3) is 0 Å². The number of pyridine rings is 1. The zero-order valence-corrected chi connectivity index (χ0v) is 11.7. The molecule has 3 heterocycles. The van der Waals surface area contributed by atoms with Crippen LogP contribution in [0.1, 0.15) is 41.3 Å². The van der Waals surface area contributed by atoms with Crippen molar-refractivity contribution in [2.24, 2.45) is 0 Å². The highest BCUT2D eigenvalue weighted by Gasteiger charge is 2.31. The van der Waals surface area contributed by atoms with E-state index in [1.807, 2.05) is 18.5 Å². The Morgan fingerprint density at radius 3 is 2.95 bits per heavy atom. The van der Waals surface area contributed by atoms with Gasteiger partial charge in [-0.05, 0) is 31.4 Å². The molecule has 0 bridgehead atoms. The topological polar surface area (TPSA) is 50.7 Å². The molecule has 102 valence electrons. The van der Waals surface area contributed by atoms with Gasteiger partial charge < -0.3 is 5.32 Å². The van der Waals surface area contributed by atoms with E-state index < -0.39 is 0 Å². The van der Waals surface area contributed by atoms with Gasteiger partial charge in [0.05, 0.1) is 11.4 Å². The van der Waals surface area contributed by atoms with E-state index in [9.17, 15) is 0 Å². The summed E-state index contributed by atoms with van der Waals surface area (Å²) in [7, 11) is 0. The van der Waals surface area contributed by atoms with Gasteiger partial charge >= 0.3 is 0 Å². The van der Waals surface area contributed by atoms with Crippen LogP contribution in [0, 0.1) is 6.92 Å². The van der Waals surface area contributed by atoms with Gasteiger partial charge in [0.1, 0.15) is 0 Å². The van der Waals surface area contributed by atoms with Crippen LogP contribution in [0.2, 0.25) is 0 Å². The average Bonchev–Trinajstić information content (AvgIpc) is 3.31. The molecule has 2 aromatic rings. The monoisotopic (exact) mass is 266 g/mol. The van der Waals surface area contributed by atoms with Gasteiger partial charge in [-0.25, -0.2) is 9.97 Å². The SMILES string of the molecule is Cc1ccncc1-c1nc2c(c(C3CC3)n1)CNCC2. The van der Waals surface area contributed by atoms with Gasteiger partial charge in [-0.2, -0.15) is 0 Å². The van der Waals surface area contributed by atoms with Crippen LogP contribution in [0.5, 0.6) is 0 Å².